The van der Waals surface area contributed by atoms with Gasteiger partial charge in [0.25, 0.3) is 5.91 Å². The molecule has 1 amide bonds. The molecule has 3 rings (SSSR count). The van der Waals surface area contributed by atoms with Gasteiger partial charge in [0, 0.05) is 17.8 Å². The van der Waals surface area contributed by atoms with Gasteiger partial charge in [-0.2, -0.15) is 0 Å². The highest BCUT2D eigenvalue weighted by Gasteiger charge is 2.22. The number of amides is 1. The number of aromatic hydroxyl groups is 2. The van der Waals surface area contributed by atoms with Gasteiger partial charge in [-0.05, 0) is 17.7 Å². The molecule has 0 radical (unpaired) electrons. The number of nitrogens with zero attached hydrogens (tertiary/aromatic N) is 1. The second-order valence-corrected chi connectivity index (χ2v) is 6.44. The summed E-state index contributed by atoms with van der Waals surface area (Å²) in [7, 11) is 0. The fraction of sp³-hybridized carbons (Fsp3) is 0.143. The highest BCUT2D eigenvalue weighted by Crippen LogP contribution is 2.36. The first-order valence-electron chi connectivity index (χ1n) is 8.59. The van der Waals surface area contributed by atoms with E-state index in [0.717, 1.165) is 11.6 Å². The van der Waals surface area contributed by atoms with Crippen LogP contribution in [0.5, 0.6) is 11.5 Å². The summed E-state index contributed by atoms with van der Waals surface area (Å²) < 4.78 is 5.65. The van der Waals surface area contributed by atoms with Crippen molar-refractivity contribution < 1.29 is 19.7 Å². The lowest BCUT2D eigenvalue weighted by molar-refractivity contribution is 0.0920. The number of rotatable bonds is 7. The maximum Gasteiger partial charge on any atom is 0.255 e. The fourth-order valence-electron chi connectivity index (χ4n) is 2.68. The fourth-order valence-corrected chi connectivity index (χ4v) is 2.88. The standard InChI is InChI=1S/C21H19ClN2O4/c22-20-16(13-28-12-14-6-2-1-3-7-14)19(17(25)10-18(20)26)21(27)24-11-15-8-4-5-9-23-15/h1-10,25-26H,11-13H2,(H,24,27). The lowest BCUT2D eigenvalue weighted by Gasteiger charge is -2.15. The van der Waals surface area contributed by atoms with E-state index in [1.54, 1.807) is 18.3 Å². The SMILES string of the molecule is O=C(NCc1ccccn1)c1c(O)cc(O)c(Cl)c1COCc1ccccc1. The van der Waals surface area contributed by atoms with Crippen molar-refractivity contribution in [2.24, 2.45) is 0 Å². The molecule has 0 saturated heterocycles. The minimum absolute atomic E-state index is 0.0335. The predicted molar refractivity (Wildman–Crippen MR) is 105 cm³/mol. The van der Waals surface area contributed by atoms with Crippen molar-refractivity contribution in [3.8, 4) is 11.5 Å². The molecule has 0 spiro atoms. The molecule has 3 N–H and O–H groups in total. The second-order valence-electron chi connectivity index (χ2n) is 6.06. The Bertz CT molecular complexity index is 950. The van der Waals surface area contributed by atoms with Crippen LogP contribution in [0.4, 0.5) is 0 Å². The van der Waals surface area contributed by atoms with Crippen LogP contribution in [0.25, 0.3) is 0 Å². The van der Waals surface area contributed by atoms with Crippen LogP contribution in [0.1, 0.15) is 27.2 Å². The number of phenolic OH excluding ortho intramolecular Hbond substituents is 2. The van der Waals surface area contributed by atoms with E-state index in [1.165, 1.54) is 0 Å². The van der Waals surface area contributed by atoms with E-state index in [4.69, 9.17) is 16.3 Å². The van der Waals surface area contributed by atoms with Gasteiger partial charge in [0.15, 0.2) is 0 Å². The number of hydrogen-bond acceptors (Lipinski definition) is 5. The molecule has 3 aromatic rings. The molecule has 7 heteroatoms. The topological polar surface area (TPSA) is 91.7 Å². The van der Waals surface area contributed by atoms with Gasteiger partial charge in [-0.25, -0.2) is 0 Å². The Balaban J connectivity index is 1.77. The molecule has 2 aromatic carbocycles. The van der Waals surface area contributed by atoms with Gasteiger partial charge in [-0.3, -0.25) is 9.78 Å². The normalized spacial score (nSPS) is 10.6. The molecule has 0 fully saturated rings. The zero-order valence-corrected chi connectivity index (χ0v) is 15.7. The summed E-state index contributed by atoms with van der Waals surface area (Å²) >= 11 is 6.18. The average molecular weight is 399 g/mol. The number of ether oxygens (including phenoxy) is 1. The zero-order valence-electron chi connectivity index (χ0n) is 14.9. The molecule has 0 unspecified atom stereocenters. The summed E-state index contributed by atoms with van der Waals surface area (Å²) in [4.78, 5) is 16.8. The molecule has 6 nitrogen and oxygen atoms in total. The minimum atomic E-state index is -0.539. The number of carbonyl (C=O) groups is 1. The van der Waals surface area contributed by atoms with Gasteiger partial charge in [0.05, 0.1) is 36.0 Å². The van der Waals surface area contributed by atoms with Gasteiger partial charge in [0.2, 0.25) is 0 Å². The highest BCUT2D eigenvalue weighted by atomic mass is 35.5. The number of aromatic nitrogens is 1. The van der Waals surface area contributed by atoms with Crippen molar-refractivity contribution in [3.05, 3.63) is 88.2 Å². The third kappa shape index (κ3) is 4.79. The van der Waals surface area contributed by atoms with Crippen molar-refractivity contribution in [2.75, 3.05) is 0 Å². The largest absolute Gasteiger partial charge is 0.507 e. The van der Waals surface area contributed by atoms with Gasteiger partial charge >= 0.3 is 0 Å². The van der Waals surface area contributed by atoms with Crippen molar-refractivity contribution in [1.82, 2.24) is 10.3 Å². The van der Waals surface area contributed by atoms with E-state index in [-0.39, 0.29) is 40.8 Å². The van der Waals surface area contributed by atoms with Gasteiger partial charge in [-0.15, -0.1) is 0 Å². The average Bonchev–Trinajstić information content (AvgIpc) is 2.71. The summed E-state index contributed by atoms with van der Waals surface area (Å²) in [5, 5.41) is 22.8. The first-order chi connectivity index (χ1) is 13.6. The van der Waals surface area contributed by atoms with E-state index in [2.05, 4.69) is 10.3 Å². The minimum Gasteiger partial charge on any atom is -0.507 e. The smallest absolute Gasteiger partial charge is 0.255 e. The molecule has 0 aliphatic carbocycles. The second kappa shape index (κ2) is 9.21. The number of benzene rings is 2. The monoisotopic (exact) mass is 398 g/mol. The number of hydrogen-bond donors (Lipinski definition) is 3. The molecule has 0 atom stereocenters. The molecule has 144 valence electrons. The van der Waals surface area contributed by atoms with E-state index in [9.17, 15) is 15.0 Å². The van der Waals surface area contributed by atoms with Crippen LogP contribution in [0.2, 0.25) is 5.02 Å². The van der Waals surface area contributed by atoms with Crippen LogP contribution in [0.3, 0.4) is 0 Å². The van der Waals surface area contributed by atoms with Crippen LogP contribution in [0, 0.1) is 0 Å². The molecular weight excluding hydrogens is 380 g/mol. The summed E-state index contributed by atoms with van der Waals surface area (Å²) in [5.41, 5.74) is 1.80. The maximum atomic E-state index is 12.7. The number of halogens is 1. The van der Waals surface area contributed by atoms with Crippen LogP contribution in [-0.4, -0.2) is 21.1 Å². The molecule has 1 aromatic heterocycles. The molecule has 0 aliphatic rings. The Hall–Kier alpha value is -3.09. The number of pyridine rings is 1. The first-order valence-corrected chi connectivity index (χ1v) is 8.97. The third-order valence-corrected chi connectivity index (χ3v) is 4.48. The highest BCUT2D eigenvalue weighted by molar-refractivity contribution is 6.33. The zero-order chi connectivity index (χ0) is 19.9. The summed E-state index contributed by atoms with van der Waals surface area (Å²) in [6, 6.07) is 15.9. The predicted octanol–water partition coefficient (Wildman–Crippen LogP) is 3.79. The van der Waals surface area contributed by atoms with Crippen molar-refractivity contribution in [3.63, 3.8) is 0 Å². The van der Waals surface area contributed by atoms with Gasteiger partial charge in [-0.1, -0.05) is 48.0 Å². The van der Waals surface area contributed by atoms with Crippen molar-refractivity contribution >= 4 is 17.5 Å². The van der Waals surface area contributed by atoms with E-state index >= 15 is 0 Å². The number of phenols is 2. The first kappa shape index (κ1) is 19.7. The van der Waals surface area contributed by atoms with Crippen LogP contribution in [0.15, 0.2) is 60.8 Å². The van der Waals surface area contributed by atoms with Crippen molar-refractivity contribution in [2.45, 2.75) is 19.8 Å². The molecule has 1 heterocycles. The molecule has 0 aliphatic heterocycles. The number of carbonyl (C=O) groups excluding carboxylic acids is 1. The van der Waals surface area contributed by atoms with Gasteiger partial charge < -0.3 is 20.3 Å². The van der Waals surface area contributed by atoms with Crippen LogP contribution in [-0.2, 0) is 24.5 Å². The summed E-state index contributed by atoms with van der Waals surface area (Å²) in [5.74, 6) is -1.24. The maximum absolute atomic E-state index is 12.7. The molecule has 0 bridgehead atoms. The Morgan fingerprint density at radius 1 is 1.04 bits per heavy atom. The lowest BCUT2D eigenvalue weighted by atomic mass is 10.0. The Kier molecular flexibility index (Phi) is 6.47. The van der Waals surface area contributed by atoms with E-state index in [0.29, 0.717) is 12.3 Å². The molecule has 0 saturated carbocycles. The van der Waals surface area contributed by atoms with E-state index in [1.807, 2.05) is 36.4 Å². The Morgan fingerprint density at radius 2 is 1.79 bits per heavy atom. The van der Waals surface area contributed by atoms with Crippen LogP contribution >= 0.6 is 11.6 Å². The summed E-state index contributed by atoms with van der Waals surface area (Å²) in [6.07, 6.45) is 1.62. The number of nitrogens with one attached hydrogen (secondary N) is 1. The molecule has 28 heavy (non-hydrogen) atoms. The molecular formula is C21H19ClN2O4. The quantitative estimate of drug-likeness (QED) is 0.563. The van der Waals surface area contributed by atoms with Crippen molar-refractivity contribution in [1.29, 1.82) is 0 Å². The van der Waals surface area contributed by atoms with Crippen LogP contribution < -0.4 is 5.32 Å². The van der Waals surface area contributed by atoms with E-state index < -0.39 is 5.91 Å². The van der Waals surface area contributed by atoms with Gasteiger partial charge in [0.1, 0.15) is 11.5 Å². The Morgan fingerprint density at radius 3 is 2.50 bits per heavy atom. The summed E-state index contributed by atoms with van der Waals surface area (Å²) in [6.45, 7) is 0.423. The Labute approximate surface area is 167 Å². The lowest BCUT2D eigenvalue weighted by Crippen LogP contribution is -2.25. The third-order valence-electron chi connectivity index (χ3n) is 4.06.